The number of Topliss-reactive ketones (excluding diaryl/α,β-unsaturated/α-hetero) is 1. The maximum absolute atomic E-state index is 14.2. The Morgan fingerprint density at radius 2 is 1.67 bits per heavy atom. The van der Waals surface area contributed by atoms with Crippen molar-refractivity contribution in [2.75, 3.05) is 46.9 Å². The van der Waals surface area contributed by atoms with Gasteiger partial charge in [-0.15, -0.1) is 0 Å². The standard InChI is InChI=1S/C44H47Cl2N5O6/c1-4-9-39(52)57-38-25-30(24-37(55-2)41(38)56-3)43(54)50-23-18-44(28-50,31-13-14-33(45)34(46)26-31)17-22-49-20-15-29(16-21-49)40(53)42-48-35-11-5-6-12-36(35)51(42)27-32-10-7-8-19-47-32/h5-8,10-14,19,24-26,29H,4,9,15-18,20-23,27-28H2,1-3H3. The lowest BCUT2D eigenvalue weighted by molar-refractivity contribution is -0.134. The zero-order valence-electron chi connectivity index (χ0n) is 32.5. The zero-order valence-corrected chi connectivity index (χ0v) is 34.0. The number of ketones is 1. The molecule has 13 heteroatoms. The maximum Gasteiger partial charge on any atom is 0.311 e. The molecule has 298 valence electrons. The molecule has 57 heavy (non-hydrogen) atoms. The molecule has 0 bridgehead atoms. The van der Waals surface area contributed by atoms with E-state index in [9.17, 15) is 14.4 Å². The lowest BCUT2D eigenvalue weighted by atomic mass is 9.76. The number of hydrogen-bond donors (Lipinski definition) is 0. The molecule has 0 N–H and O–H groups in total. The highest BCUT2D eigenvalue weighted by molar-refractivity contribution is 6.42. The summed E-state index contributed by atoms with van der Waals surface area (Å²) in [4.78, 5) is 54.4. The molecule has 4 heterocycles. The highest BCUT2D eigenvalue weighted by Crippen LogP contribution is 2.43. The molecule has 5 aromatic rings. The quantitative estimate of drug-likeness (QED) is 0.0621. The van der Waals surface area contributed by atoms with Crippen molar-refractivity contribution < 1.29 is 28.6 Å². The number of carbonyl (C=O) groups is 3. The van der Waals surface area contributed by atoms with Crippen LogP contribution in [0, 0.1) is 5.92 Å². The van der Waals surface area contributed by atoms with E-state index < -0.39 is 11.4 Å². The van der Waals surface area contributed by atoms with Crippen LogP contribution >= 0.6 is 23.2 Å². The van der Waals surface area contributed by atoms with Gasteiger partial charge in [-0.05, 0) is 106 Å². The van der Waals surface area contributed by atoms with Gasteiger partial charge < -0.3 is 28.6 Å². The summed E-state index contributed by atoms with van der Waals surface area (Å²) in [7, 11) is 2.94. The van der Waals surface area contributed by atoms with Gasteiger partial charge in [0.2, 0.25) is 11.5 Å². The van der Waals surface area contributed by atoms with Crippen LogP contribution in [0.15, 0.2) is 79.0 Å². The summed E-state index contributed by atoms with van der Waals surface area (Å²) in [6.45, 7) is 5.62. The number of rotatable bonds is 14. The van der Waals surface area contributed by atoms with Crippen molar-refractivity contribution in [3.05, 3.63) is 112 Å². The van der Waals surface area contributed by atoms with Gasteiger partial charge in [-0.25, -0.2) is 4.98 Å². The molecule has 2 fully saturated rings. The molecule has 2 aliphatic rings. The van der Waals surface area contributed by atoms with E-state index in [0.29, 0.717) is 59.7 Å². The summed E-state index contributed by atoms with van der Waals surface area (Å²) < 4.78 is 18.7. The van der Waals surface area contributed by atoms with Gasteiger partial charge in [0, 0.05) is 42.6 Å². The van der Waals surface area contributed by atoms with Crippen molar-refractivity contribution in [2.24, 2.45) is 5.92 Å². The third kappa shape index (κ3) is 8.66. The van der Waals surface area contributed by atoms with Crippen molar-refractivity contribution in [1.82, 2.24) is 24.3 Å². The van der Waals surface area contributed by atoms with Crippen LogP contribution in [0.4, 0.5) is 0 Å². The Hall–Kier alpha value is -4.97. The fourth-order valence-corrected chi connectivity index (χ4v) is 8.49. The van der Waals surface area contributed by atoms with Gasteiger partial charge >= 0.3 is 5.97 Å². The van der Waals surface area contributed by atoms with E-state index in [-0.39, 0.29) is 35.5 Å². The first-order chi connectivity index (χ1) is 27.6. The van der Waals surface area contributed by atoms with E-state index in [4.69, 9.17) is 42.4 Å². The third-order valence-corrected chi connectivity index (χ3v) is 12.1. The fourth-order valence-electron chi connectivity index (χ4n) is 8.20. The number of para-hydroxylation sites is 2. The summed E-state index contributed by atoms with van der Waals surface area (Å²) >= 11 is 13.0. The van der Waals surface area contributed by atoms with Crippen molar-refractivity contribution in [3.8, 4) is 17.2 Å². The van der Waals surface area contributed by atoms with E-state index in [1.165, 1.54) is 14.2 Å². The second-order valence-corrected chi connectivity index (χ2v) is 15.7. The van der Waals surface area contributed by atoms with Crippen LogP contribution < -0.4 is 14.2 Å². The number of nitrogens with zero attached hydrogens (tertiary/aromatic N) is 5. The molecule has 0 saturated carbocycles. The molecule has 2 aliphatic heterocycles. The van der Waals surface area contributed by atoms with Crippen molar-refractivity contribution in [3.63, 3.8) is 0 Å². The molecule has 7 rings (SSSR count). The number of ether oxygens (including phenoxy) is 3. The number of pyridine rings is 1. The SMILES string of the molecule is CCCC(=O)Oc1cc(C(=O)N2CCC(CCN3CCC(C(=O)c4nc5ccccc5n4Cc4ccccn4)CC3)(c3ccc(Cl)c(Cl)c3)C2)cc(OC)c1OC. The number of hydrogen-bond acceptors (Lipinski definition) is 9. The van der Waals surface area contributed by atoms with Gasteiger partial charge in [-0.3, -0.25) is 19.4 Å². The highest BCUT2D eigenvalue weighted by Gasteiger charge is 2.42. The molecular formula is C44H47Cl2N5O6. The molecular weight excluding hydrogens is 765 g/mol. The highest BCUT2D eigenvalue weighted by atomic mass is 35.5. The summed E-state index contributed by atoms with van der Waals surface area (Å²) in [6.07, 6.45) is 5.53. The summed E-state index contributed by atoms with van der Waals surface area (Å²) in [5, 5.41) is 0.933. The number of carbonyl (C=O) groups excluding carboxylic acids is 3. The normalized spacial score (nSPS) is 17.5. The fraction of sp³-hybridized carbons (Fsp3) is 0.386. The van der Waals surface area contributed by atoms with E-state index in [1.807, 2.05) is 77.1 Å². The van der Waals surface area contributed by atoms with Crippen LogP contribution in [-0.2, 0) is 16.8 Å². The van der Waals surface area contributed by atoms with E-state index >= 15 is 0 Å². The second kappa shape index (κ2) is 17.7. The Kier molecular flexibility index (Phi) is 12.5. The number of imidazole rings is 1. The van der Waals surface area contributed by atoms with E-state index in [0.717, 1.165) is 61.2 Å². The molecule has 2 aromatic heterocycles. The number of piperidine rings is 1. The first-order valence-corrected chi connectivity index (χ1v) is 20.2. The minimum Gasteiger partial charge on any atom is -0.493 e. The first-order valence-electron chi connectivity index (χ1n) is 19.5. The van der Waals surface area contributed by atoms with Crippen LogP contribution in [0.3, 0.4) is 0 Å². The number of fused-ring (bicyclic) bond motifs is 1. The Morgan fingerprint density at radius 3 is 2.39 bits per heavy atom. The number of benzene rings is 3. The lowest BCUT2D eigenvalue weighted by Gasteiger charge is -2.36. The average molecular weight is 813 g/mol. The van der Waals surface area contributed by atoms with Crippen LogP contribution in [0.1, 0.15) is 77.7 Å². The molecule has 1 atom stereocenters. The average Bonchev–Trinajstić information content (AvgIpc) is 3.83. The van der Waals surface area contributed by atoms with Crippen LogP contribution in [-0.4, -0.2) is 88.9 Å². The van der Waals surface area contributed by atoms with Gasteiger partial charge in [-0.2, -0.15) is 0 Å². The van der Waals surface area contributed by atoms with Gasteiger partial charge in [0.05, 0.1) is 47.5 Å². The smallest absolute Gasteiger partial charge is 0.311 e. The predicted octanol–water partition coefficient (Wildman–Crippen LogP) is 8.28. The van der Waals surface area contributed by atoms with Gasteiger partial charge in [0.1, 0.15) is 0 Å². The third-order valence-electron chi connectivity index (χ3n) is 11.3. The first kappa shape index (κ1) is 40.2. The molecule has 3 aromatic carbocycles. The largest absolute Gasteiger partial charge is 0.493 e. The molecule has 2 saturated heterocycles. The lowest BCUT2D eigenvalue weighted by Crippen LogP contribution is -2.41. The predicted molar refractivity (Wildman–Crippen MR) is 220 cm³/mol. The Bertz CT molecular complexity index is 2260. The molecule has 1 unspecified atom stereocenters. The second-order valence-electron chi connectivity index (χ2n) is 14.9. The van der Waals surface area contributed by atoms with E-state index in [1.54, 1.807) is 18.3 Å². The van der Waals surface area contributed by atoms with Crippen LogP contribution in [0.5, 0.6) is 17.2 Å². The van der Waals surface area contributed by atoms with Crippen molar-refractivity contribution in [1.29, 1.82) is 0 Å². The van der Waals surface area contributed by atoms with E-state index in [2.05, 4.69) is 9.88 Å². The topological polar surface area (TPSA) is 116 Å². The summed E-state index contributed by atoms with van der Waals surface area (Å²) in [5.41, 5.74) is 3.53. The summed E-state index contributed by atoms with van der Waals surface area (Å²) in [5.74, 6) is 0.462. The molecule has 0 radical (unpaired) electrons. The number of amides is 1. The number of halogens is 2. The number of esters is 1. The Balaban J connectivity index is 1.06. The van der Waals surface area contributed by atoms with Crippen LogP contribution in [0.25, 0.3) is 11.0 Å². The summed E-state index contributed by atoms with van der Waals surface area (Å²) in [6, 6.07) is 22.6. The number of likely N-dealkylation sites (tertiary alicyclic amines) is 2. The van der Waals surface area contributed by atoms with Gasteiger partial charge in [0.15, 0.2) is 17.3 Å². The Labute approximate surface area is 342 Å². The molecule has 0 spiro atoms. The molecule has 1 amide bonds. The zero-order chi connectivity index (χ0) is 40.1. The van der Waals surface area contributed by atoms with Crippen molar-refractivity contribution >= 4 is 51.9 Å². The van der Waals surface area contributed by atoms with Crippen LogP contribution in [0.2, 0.25) is 10.0 Å². The maximum atomic E-state index is 14.2. The van der Waals surface area contributed by atoms with Gasteiger partial charge in [-0.1, -0.05) is 54.4 Å². The number of methoxy groups -OCH3 is 2. The van der Waals surface area contributed by atoms with Gasteiger partial charge in [0.25, 0.3) is 5.91 Å². The monoisotopic (exact) mass is 811 g/mol. The molecule has 0 aliphatic carbocycles. The van der Waals surface area contributed by atoms with Crippen molar-refractivity contribution in [2.45, 2.75) is 57.4 Å². The molecule has 11 nitrogen and oxygen atoms in total. The Morgan fingerprint density at radius 1 is 0.895 bits per heavy atom. The minimum absolute atomic E-state index is 0.0671. The number of aromatic nitrogens is 3. The minimum atomic E-state index is -0.420.